The van der Waals surface area contributed by atoms with E-state index in [1.54, 1.807) is 18.3 Å². The van der Waals surface area contributed by atoms with Crippen LogP contribution in [0.3, 0.4) is 0 Å². The van der Waals surface area contributed by atoms with Crippen LogP contribution in [0, 0.1) is 5.92 Å². The largest absolute Gasteiger partial charge is 0.337 e. The third kappa shape index (κ3) is 2.81. The molecule has 3 aromatic heterocycles. The van der Waals surface area contributed by atoms with Gasteiger partial charge in [0.25, 0.3) is 11.5 Å². The van der Waals surface area contributed by atoms with Crippen molar-refractivity contribution in [3.63, 3.8) is 0 Å². The second-order valence-corrected chi connectivity index (χ2v) is 9.28. The van der Waals surface area contributed by atoms with Gasteiger partial charge in [-0.15, -0.1) is 11.3 Å². The van der Waals surface area contributed by atoms with Crippen LogP contribution in [0.5, 0.6) is 0 Å². The highest BCUT2D eigenvalue weighted by molar-refractivity contribution is 7.17. The van der Waals surface area contributed by atoms with Crippen LogP contribution >= 0.6 is 22.9 Å². The Hall–Kier alpha value is -2.38. The number of aryl methyl sites for hydroxylation is 1. The molecule has 2 aliphatic rings. The first kappa shape index (κ1) is 17.7. The van der Waals surface area contributed by atoms with Gasteiger partial charge in [-0.25, -0.2) is 4.98 Å². The van der Waals surface area contributed by atoms with Crippen LogP contribution in [0.4, 0.5) is 0 Å². The molecule has 0 radical (unpaired) electrons. The van der Waals surface area contributed by atoms with Crippen molar-refractivity contribution < 1.29 is 4.79 Å². The quantitative estimate of drug-likeness (QED) is 0.646. The molecule has 5 heterocycles. The van der Waals surface area contributed by atoms with Crippen LogP contribution in [0.1, 0.15) is 27.7 Å². The minimum Gasteiger partial charge on any atom is -0.337 e. The molecule has 0 N–H and O–H groups in total. The van der Waals surface area contributed by atoms with Crippen molar-refractivity contribution in [2.24, 2.45) is 13.0 Å². The van der Waals surface area contributed by atoms with Gasteiger partial charge in [-0.2, -0.15) is 0 Å². The van der Waals surface area contributed by atoms with Crippen LogP contribution in [0.2, 0.25) is 4.34 Å². The fourth-order valence-corrected chi connectivity index (χ4v) is 5.50. The molecule has 3 aromatic rings. The van der Waals surface area contributed by atoms with E-state index in [9.17, 15) is 9.59 Å². The number of thiophene rings is 1. The summed E-state index contributed by atoms with van der Waals surface area (Å²) in [5.74, 6) is 1.17. The minimum atomic E-state index is 0.00585. The number of carbonyl (C=O) groups is 1. The van der Waals surface area contributed by atoms with E-state index in [1.165, 1.54) is 11.3 Å². The summed E-state index contributed by atoms with van der Waals surface area (Å²) in [7, 11) is 1.89. The average Bonchev–Trinajstić information content (AvgIpc) is 3.30. The smallest absolute Gasteiger partial charge is 0.264 e. The maximum absolute atomic E-state index is 13.2. The van der Waals surface area contributed by atoms with E-state index >= 15 is 0 Å². The molecule has 2 aliphatic heterocycles. The molecule has 0 spiro atoms. The summed E-state index contributed by atoms with van der Waals surface area (Å²) < 4.78 is 4.38. The number of nitrogens with zero attached hydrogens (tertiary/aromatic N) is 4. The molecule has 144 valence electrons. The van der Waals surface area contributed by atoms with Crippen LogP contribution in [0.25, 0.3) is 11.4 Å². The van der Waals surface area contributed by atoms with Gasteiger partial charge in [-0.3, -0.25) is 9.59 Å². The van der Waals surface area contributed by atoms with E-state index in [0.717, 1.165) is 12.1 Å². The normalized spacial score (nSPS) is 20.9. The Bertz CT molecular complexity index is 1130. The minimum absolute atomic E-state index is 0.00585. The van der Waals surface area contributed by atoms with E-state index in [1.807, 2.05) is 39.4 Å². The Kier molecular flexibility index (Phi) is 4.17. The molecular formula is C20H19ClN4O2S. The lowest BCUT2D eigenvalue weighted by molar-refractivity contribution is 0.0599. The number of hydrogen-bond donors (Lipinski definition) is 0. The van der Waals surface area contributed by atoms with Crippen molar-refractivity contribution >= 4 is 28.8 Å². The van der Waals surface area contributed by atoms with Gasteiger partial charge in [0.1, 0.15) is 5.82 Å². The molecule has 1 saturated heterocycles. The van der Waals surface area contributed by atoms with Crippen LogP contribution < -0.4 is 5.56 Å². The number of amides is 1. The summed E-state index contributed by atoms with van der Waals surface area (Å²) in [6.45, 7) is 1.94. The number of imidazole rings is 1. The van der Waals surface area contributed by atoms with Gasteiger partial charge < -0.3 is 14.0 Å². The summed E-state index contributed by atoms with van der Waals surface area (Å²) in [6, 6.07) is 7.45. The van der Waals surface area contributed by atoms with Gasteiger partial charge in [-0.05, 0) is 36.6 Å². The van der Waals surface area contributed by atoms with Crippen molar-refractivity contribution in [2.45, 2.75) is 18.9 Å². The molecule has 1 fully saturated rings. The fourth-order valence-electron chi connectivity index (χ4n) is 4.49. The molecule has 5 rings (SSSR count). The molecule has 28 heavy (non-hydrogen) atoms. The lowest BCUT2D eigenvalue weighted by atomic mass is 9.83. The first-order valence-electron chi connectivity index (χ1n) is 9.27. The SMILES string of the molecule is Cn1ccnc1-c1ccc2n(c1=O)C[C@H]1C[C@@H]2CN(C(=O)c2ccc(Cl)s2)C1. The number of aromatic nitrogens is 3. The number of piperidine rings is 1. The summed E-state index contributed by atoms with van der Waals surface area (Å²) in [4.78, 5) is 32.9. The molecule has 2 atom stereocenters. The molecule has 0 saturated carbocycles. The predicted octanol–water partition coefficient (Wildman–Crippen LogP) is 3.22. The van der Waals surface area contributed by atoms with E-state index < -0.39 is 0 Å². The molecule has 0 aliphatic carbocycles. The molecule has 8 heteroatoms. The van der Waals surface area contributed by atoms with E-state index in [4.69, 9.17) is 11.6 Å². The van der Waals surface area contributed by atoms with Gasteiger partial charge in [-0.1, -0.05) is 11.6 Å². The zero-order chi connectivity index (χ0) is 19.4. The van der Waals surface area contributed by atoms with Gasteiger partial charge in [0.05, 0.1) is 14.8 Å². The summed E-state index contributed by atoms with van der Waals surface area (Å²) in [5, 5.41) is 0. The molecular weight excluding hydrogens is 396 g/mol. The predicted molar refractivity (Wildman–Crippen MR) is 109 cm³/mol. The molecule has 6 nitrogen and oxygen atoms in total. The Labute approximate surface area is 171 Å². The highest BCUT2D eigenvalue weighted by atomic mass is 35.5. The molecule has 1 amide bonds. The Morgan fingerprint density at radius 1 is 1.21 bits per heavy atom. The number of pyridine rings is 1. The van der Waals surface area contributed by atoms with Gasteiger partial charge >= 0.3 is 0 Å². The van der Waals surface area contributed by atoms with Crippen LogP contribution in [-0.2, 0) is 13.6 Å². The molecule has 0 unspecified atom stereocenters. The lowest BCUT2D eigenvalue weighted by Gasteiger charge is -2.42. The van der Waals surface area contributed by atoms with Crippen molar-refractivity contribution in [1.29, 1.82) is 0 Å². The Balaban J connectivity index is 1.48. The molecule has 0 aromatic carbocycles. The van der Waals surface area contributed by atoms with E-state index in [-0.39, 0.29) is 23.3 Å². The zero-order valence-corrected chi connectivity index (χ0v) is 16.9. The summed E-state index contributed by atoms with van der Waals surface area (Å²) in [5.41, 5.74) is 1.64. The lowest BCUT2D eigenvalue weighted by Crippen LogP contribution is -2.49. The number of halogens is 1. The first-order chi connectivity index (χ1) is 13.5. The number of hydrogen-bond acceptors (Lipinski definition) is 4. The van der Waals surface area contributed by atoms with Gasteiger partial charge in [0.2, 0.25) is 0 Å². The summed E-state index contributed by atoms with van der Waals surface area (Å²) in [6.07, 6.45) is 4.55. The van der Waals surface area contributed by atoms with Crippen LogP contribution in [0.15, 0.2) is 41.5 Å². The van der Waals surface area contributed by atoms with E-state index in [0.29, 0.717) is 40.2 Å². The second kappa shape index (κ2) is 6.60. The van der Waals surface area contributed by atoms with E-state index in [2.05, 4.69) is 4.98 Å². The van der Waals surface area contributed by atoms with Crippen molar-refractivity contribution in [1.82, 2.24) is 19.0 Å². The average molecular weight is 415 g/mol. The maximum atomic E-state index is 13.2. The van der Waals surface area contributed by atoms with Crippen LogP contribution in [-0.4, -0.2) is 38.0 Å². The zero-order valence-electron chi connectivity index (χ0n) is 15.3. The van der Waals surface area contributed by atoms with Gasteiger partial charge in [0, 0.05) is 50.7 Å². The number of likely N-dealkylation sites (tertiary alicyclic amines) is 1. The third-order valence-corrected chi connectivity index (χ3v) is 6.96. The first-order valence-corrected chi connectivity index (χ1v) is 10.5. The second-order valence-electron chi connectivity index (χ2n) is 7.56. The number of fused-ring (bicyclic) bond motifs is 4. The number of rotatable bonds is 2. The third-order valence-electron chi connectivity index (χ3n) is 5.74. The Morgan fingerprint density at radius 3 is 2.79 bits per heavy atom. The highest BCUT2D eigenvalue weighted by Crippen LogP contribution is 2.36. The van der Waals surface area contributed by atoms with Crippen molar-refractivity contribution in [3.8, 4) is 11.4 Å². The monoisotopic (exact) mass is 414 g/mol. The number of carbonyl (C=O) groups excluding carboxylic acids is 1. The Morgan fingerprint density at radius 2 is 2.07 bits per heavy atom. The highest BCUT2D eigenvalue weighted by Gasteiger charge is 2.37. The topological polar surface area (TPSA) is 60.1 Å². The van der Waals surface area contributed by atoms with Crippen molar-refractivity contribution in [2.75, 3.05) is 13.1 Å². The fraction of sp³-hybridized carbons (Fsp3) is 0.350. The van der Waals surface area contributed by atoms with Crippen molar-refractivity contribution in [3.05, 3.63) is 61.9 Å². The summed E-state index contributed by atoms with van der Waals surface area (Å²) >= 11 is 7.31. The maximum Gasteiger partial charge on any atom is 0.264 e. The molecule has 2 bridgehead atoms. The van der Waals surface area contributed by atoms with Gasteiger partial charge in [0.15, 0.2) is 0 Å². The standard InChI is InChI=1S/C20H19ClN4O2S/c1-23-7-6-22-18(23)14-2-3-15-13-8-12(10-25(15)19(14)26)9-24(11-13)20(27)16-4-5-17(21)28-16/h2-7,12-13H,8-11H2,1H3/t12-,13+/m0/s1.